The van der Waals surface area contributed by atoms with Crippen LogP contribution in [0, 0.1) is 5.82 Å². The average molecular weight is 311 g/mol. The Bertz CT molecular complexity index is 552. The van der Waals surface area contributed by atoms with E-state index in [1.54, 1.807) is 0 Å². The van der Waals surface area contributed by atoms with Gasteiger partial charge in [0.15, 0.2) is 0 Å². The highest BCUT2D eigenvalue weighted by atomic mass is 79.9. The first-order valence-electron chi connectivity index (χ1n) is 4.24. The number of rotatable bonds is 1. The van der Waals surface area contributed by atoms with Crippen molar-refractivity contribution in [1.82, 2.24) is 10.1 Å². The summed E-state index contributed by atoms with van der Waals surface area (Å²) in [6.45, 7) is 0. The Balaban J connectivity index is 2.51. The van der Waals surface area contributed by atoms with Gasteiger partial charge in [0.05, 0.1) is 5.56 Å². The molecule has 17 heavy (non-hydrogen) atoms. The second kappa shape index (κ2) is 4.10. The lowest BCUT2D eigenvalue weighted by atomic mass is 10.1. The molecule has 3 nitrogen and oxygen atoms in total. The van der Waals surface area contributed by atoms with Crippen LogP contribution in [0.5, 0.6) is 0 Å². The zero-order valence-electron chi connectivity index (χ0n) is 7.92. The molecule has 90 valence electrons. The third kappa shape index (κ3) is 2.46. The van der Waals surface area contributed by atoms with Gasteiger partial charge in [-0.15, -0.1) is 0 Å². The number of aromatic nitrogens is 2. The van der Waals surface area contributed by atoms with Crippen molar-refractivity contribution in [3.8, 4) is 11.5 Å². The van der Waals surface area contributed by atoms with Crippen LogP contribution >= 0.6 is 15.9 Å². The summed E-state index contributed by atoms with van der Waals surface area (Å²) in [6.07, 6.45) is -4.77. The summed E-state index contributed by atoms with van der Waals surface area (Å²) in [4.78, 5) is 3.68. The van der Waals surface area contributed by atoms with Gasteiger partial charge in [-0.3, -0.25) is 0 Å². The van der Waals surface area contributed by atoms with Gasteiger partial charge in [0.2, 0.25) is 4.73 Å². The van der Waals surface area contributed by atoms with Gasteiger partial charge in [0, 0.05) is 5.56 Å². The van der Waals surface area contributed by atoms with Crippen LogP contribution < -0.4 is 0 Å². The molecule has 0 radical (unpaired) electrons. The number of benzene rings is 1. The van der Waals surface area contributed by atoms with Gasteiger partial charge in [-0.05, 0) is 39.3 Å². The van der Waals surface area contributed by atoms with Crippen molar-refractivity contribution in [2.45, 2.75) is 6.18 Å². The predicted octanol–water partition coefficient (Wildman–Crippen LogP) is 3.66. The van der Waals surface area contributed by atoms with Crippen LogP contribution in [0.2, 0.25) is 0 Å². The minimum atomic E-state index is -4.77. The Morgan fingerprint density at radius 3 is 2.47 bits per heavy atom. The van der Waals surface area contributed by atoms with E-state index >= 15 is 0 Å². The van der Waals surface area contributed by atoms with Gasteiger partial charge in [-0.2, -0.15) is 18.2 Å². The van der Waals surface area contributed by atoms with Gasteiger partial charge < -0.3 is 4.52 Å². The van der Waals surface area contributed by atoms with E-state index in [1.807, 2.05) is 0 Å². The second-order valence-electron chi connectivity index (χ2n) is 3.06. The molecule has 1 aromatic carbocycles. The van der Waals surface area contributed by atoms with Crippen molar-refractivity contribution in [3.05, 3.63) is 34.3 Å². The van der Waals surface area contributed by atoms with Crippen LogP contribution in [0.1, 0.15) is 5.56 Å². The van der Waals surface area contributed by atoms with Gasteiger partial charge in [0.25, 0.3) is 5.89 Å². The molecule has 0 spiro atoms. The Morgan fingerprint density at radius 2 is 1.94 bits per heavy atom. The van der Waals surface area contributed by atoms with E-state index in [2.05, 4.69) is 30.6 Å². The van der Waals surface area contributed by atoms with Crippen LogP contribution in [0.4, 0.5) is 17.6 Å². The van der Waals surface area contributed by atoms with Gasteiger partial charge in [-0.1, -0.05) is 0 Å². The molecule has 1 heterocycles. The second-order valence-corrected chi connectivity index (χ2v) is 3.77. The first-order valence-corrected chi connectivity index (χ1v) is 5.03. The fourth-order valence-corrected chi connectivity index (χ4v) is 1.43. The molecule has 0 aliphatic carbocycles. The summed E-state index contributed by atoms with van der Waals surface area (Å²) < 4.78 is 55.1. The van der Waals surface area contributed by atoms with E-state index in [1.165, 1.54) is 0 Å². The molecule has 0 aliphatic rings. The molecule has 0 amide bonds. The van der Waals surface area contributed by atoms with Crippen LogP contribution in [0.15, 0.2) is 27.5 Å². The molecule has 0 atom stereocenters. The molecular weight excluding hydrogens is 308 g/mol. The highest BCUT2D eigenvalue weighted by Gasteiger charge is 2.34. The van der Waals surface area contributed by atoms with Crippen LogP contribution in [0.25, 0.3) is 11.5 Å². The maximum Gasteiger partial charge on any atom is 0.419 e. The summed E-state index contributed by atoms with van der Waals surface area (Å²) in [6, 6.07) is 2.45. The third-order valence-electron chi connectivity index (χ3n) is 1.92. The molecule has 0 aliphatic heterocycles. The Morgan fingerprint density at radius 1 is 1.24 bits per heavy atom. The highest BCUT2D eigenvalue weighted by molar-refractivity contribution is 9.10. The molecule has 0 bridgehead atoms. The van der Waals surface area contributed by atoms with Gasteiger partial charge in [0.1, 0.15) is 5.82 Å². The molecule has 2 aromatic rings. The third-order valence-corrected chi connectivity index (χ3v) is 2.24. The normalized spacial score (nSPS) is 11.8. The first-order chi connectivity index (χ1) is 7.88. The molecule has 8 heteroatoms. The standard InChI is InChI=1S/C9H3BrF4N2O/c10-8-15-7(17-16-8)4-1-2-6(11)5(3-4)9(12,13)14/h1-3H. The Hall–Kier alpha value is -1.44. The zero-order chi connectivity index (χ0) is 12.6. The maximum atomic E-state index is 13.0. The number of hydrogen-bond donors (Lipinski definition) is 0. The minimum absolute atomic E-state index is 0.00285. The molecule has 1 aromatic heterocycles. The molecule has 0 fully saturated rings. The van der Waals surface area contributed by atoms with E-state index < -0.39 is 17.6 Å². The predicted molar refractivity (Wildman–Crippen MR) is 52.4 cm³/mol. The molecule has 0 saturated heterocycles. The van der Waals surface area contributed by atoms with E-state index in [9.17, 15) is 17.6 Å². The largest absolute Gasteiger partial charge is 0.419 e. The number of halogens is 5. The van der Waals surface area contributed by atoms with E-state index in [0.29, 0.717) is 12.1 Å². The topological polar surface area (TPSA) is 38.9 Å². The summed E-state index contributed by atoms with van der Waals surface area (Å²) in [5, 5.41) is 3.36. The van der Waals surface area contributed by atoms with Crippen molar-refractivity contribution in [1.29, 1.82) is 0 Å². The van der Waals surface area contributed by atoms with Crippen molar-refractivity contribution in [2.75, 3.05) is 0 Å². The van der Waals surface area contributed by atoms with Crippen LogP contribution in [-0.4, -0.2) is 10.1 Å². The lowest BCUT2D eigenvalue weighted by molar-refractivity contribution is -0.139. The zero-order valence-corrected chi connectivity index (χ0v) is 9.51. The van der Waals surface area contributed by atoms with Gasteiger partial charge in [-0.25, -0.2) is 4.39 Å². The lowest BCUT2D eigenvalue weighted by Crippen LogP contribution is -2.08. The van der Waals surface area contributed by atoms with Crippen molar-refractivity contribution < 1.29 is 22.1 Å². The van der Waals surface area contributed by atoms with Crippen molar-refractivity contribution in [2.24, 2.45) is 0 Å². The van der Waals surface area contributed by atoms with E-state index in [-0.39, 0.29) is 16.2 Å². The molecular formula is C9H3BrF4N2O. The molecule has 0 saturated carbocycles. The number of hydrogen-bond acceptors (Lipinski definition) is 3. The smallest absolute Gasteiger partial charge is 0.333 e. The summed E-state index contributed by atoms with van der Waals surface area (Å²) in [5.41, 5.74) is -1.37. The Labute approximate surface area is 101 Å². The van der Waals surface area contributed by atoms with E-state index in [0.717, 1.165) is 6.07 Å². The quantitative estimate of drug-likeness (QED) is 0.755. The number of alkyl halides is 3. The minimum Gasteiger partial charge on any atom is -0.333 e. The van der Waals surface area contributed by atoms with Crippen LogP contribution in [-0.2, 0) is 6.18 Å². The highest BCUT2D eigenvalue weighted by Crippen LogP contribution is 2.33. The lowest BCUT2D eigenvalue weighted by Gasteiger charge is -2.08. The summed E-state index contributed by atoms with van der Waals surface area (Å²) in [5.74, 6) is -1.47. The van der Waals surface area contributed by atoms with Crippen molar-refractivity contribution in [3.63, 3.8) is 0 Å². The SMILES string of the molecule is Fc1ccc(-c2nc(Br)no2)cc1C(F)(F)F. The average Bonchev–Trinajstić information content (AvgIpc) is 2.64. The Kier molecular flexibility index (Phi) is 2.90. The fraction of sp³-hybridized carbons (Fsp3) is 0.111. The molecule has 0 N–H and O–H groups in total. The molecule has 0 unspecified atom stereocenters. The van der Waals surface area contributed by atoms with E-state index in [4.69, 9.17) is 0 Å². The monoisotopic (exact) mass is 310 g/mol. The van der Waals surface area contributed by atoms with Crippen LogP contribution in [0.3, 0.4) is 0 Å². The van der Waals surface area contributed by atoms with Crippen molar-refractivity contribution >= 4 is 15.9 Å². The maximum absolute atomic E-state index is 13.0. The first kappa shape index (κ1) is 12.0. The number of nitrogens with zero attached hydrogens (tertiary/aromatic N) is 2. The summed E-state index contributed by atoms with van der Waals surface area (Å²) in [7, 11) is 0. The van der Waals surface area contributed by atoms with Gasteiger partial charge >= 0.3 is 6.18 Å². The molecule has 2 rings (SSSR count). The summed E-state index contributed by atoms with van der Waals surface area (Å²) >= 11 is 2.89. The fourth-order valence-electron chi connectivity index (χ4n) is 1.20.